The molecule has 1 atom stereocenters. The highest BCUT2D eigenvalue weighted by Gasteiger charge is 2.11. The molecule has 1 rings (SSSR count). The van der Waals surface area contributed by atoms with Crippen LogP contribution in [0.1, 0.15) is 61.8 Å². The number of aryl methyl sites for hydroxylation is 2. The maximum atomic E-state index is 10.2. The highest BCUT2D eigenvalue weighted by atomic mass is 16.5. The molecule has 0 aliphatic carbocycles. The van der Waals surface area contributed by atoms with Gasteiger partial charge in [0.15, 0.2) is 0 Å². The number of hydrogen-bond donors (Lipinski definition) is 1. The maximum Gasteiger partial charge on any atom is 0.124 e. The molecule has 0 aliphatic heterocycles. The van der Waals surface area contributed by atoms with E-state index in [-0.39, 0.29) is 6.10 Å². The number of aliphatic hydroxyl groups excluding tert-OH is 1. The summed E-state index contributed by atoms with van der Waals surface area (Å²) < 4.78 is 5.34. The zero-order valence-corrected chi connectivity index (χ0v) is 12.1. The van der Waals surface area contributed by atoms with Crippen LogP contribution < -0.4 is 4.74 Å². The lowest BCUT2D eigenvalue weighted by molar-refractivity contribution is 0.163. The molecule has 1 unspecified atom stereocenters. The average Bonchev–Trinajstić information content (AvgIpc) is 2.34. The van der Waals surface area contributed by atoms with Gasteiger partial charge in [0.05, 0.1) is 13.2 Å². The van der Waals surface area contributed by atoms with E-state index in [1.807, 2.05) is 26.0 Å². The fourth-order valence-corrected chi connectivity index (χ4v) is 2.43. The third-order valence-corrected chi connectivity index (χ3v) is 3.40. The molecule has 0 saturated heterocycles. The van der Waals surface area contributed by atoms with Gasteiger partial charge in [-0.1, -0.05) is 32.6 Å². The van der Waals surface area contributed by atoms with Crippen molar-refractivity contribution in [1.82, 2.24) is 0 Å². The zero-order chi connectivity index (χ0) is 13.5. The van der Waals surface area contributed by atoms with Crippen molar-refractivity contribution in [2.75, 3.05) is 7.11 Å². The Hall–Kier alpha value is -1.02. The lowest BCUT2D eigenvalue weighted by atomic mass is 9.98. The van der Waals surface area contributed by atoms with Crippen molar-refractivity contribution in [3.63, 3.8) is 0 Å². The van der Waals surface area contributed by atoms with Crippen LogP contribution in [0.3, 0.4) is 0 Å². The van der Waals surface area contributed by atoms with E-state index < -0.39 is 0 Å². The third-order valence-electron chi connectivity index (χ3n) is 3.40. The van der Waals surface area contributed by atoms with Gasteiger partial charge in [0.2, 0.25) is 0 Å². The molecule has 0 aliphatic rings. The van der Waals surface area contributed by atoms with Crippen molar-refractivity contribution in [3.05, 3.63) is 28.8 Å². The van der Waals surface area contributed by atoms with E-state index in [0.29, 0.717) is 0 Å². The predicted molar refractivity (Wildman–Crippen MR) is 76.2 cm³/mol. The van der Waals surface area contributed by atoms with Crippen molar-refractivity contribution < 1.29 is 9.84 Å². The summed E-state index contributed by atoms with van der Waals surface area (Å²) in [6.07, 6.45) is 5.31. The Kier molecular flexibility index (Phi) is 6.20. The lowest BCUT2D eigenvalue weighted by Crippen LogP contribution is -2.00. The van der Waals surface area contributed by atoms with E-state index in [4.69, 9.17) is 4.74 Å². The van der Waals surface area contributed by atoms with E-state index in [1.54, 1.807) is 7.11 Å². The topological polar surface area (TPSA) is 29.5 Å². The van der Waals surface area contributed by atoms with Crippen LogP contribution in [-0.4, -0.2) is 12.2 Å². The largest absolute Gasteiger partial charge is 0.496 e. The summed E-state index contributed by atoms with van der Waals surface area (Å²) in [7, 11) is 1.69. The Balaban J connectivity index is 2.66. The molecule has 18 heavy (non-hydrogen) atoms. The van der Waals surface area contributed by atoms with E-state index in [2.05, 4.69) is 6.92 Å². The zero-order valence-electron chi connectivity index (χ0n) is 12.1. The molecule has 0 radical (unpaired) electrons. The Morgan fingerprint density at radius 1 is 1.11 bits per heavy atom. The number of methoxy groups -OCH3 is 1. The minimum atomic E-state index is -0.342. The summed E-state index contributed by atoms with van der Waals surface area (Å²) in [6.45, 7) is 6.25. The Labute approximate surface area is 111 Å². The monoisotopic (exact) mass is 250 g/mol. The summed E-state index contributed by atoms with van der Waals surface area (Å²) in [5.74, 6) is 0.928. The van der Waals surface area contributed by atoms with Gasteiger partial charge in [0, 0.05) is 0 Å². The van der Waals surface area contributed by atoms with Crippen LogP contribution in [0.25, 0.3) is 0 Å². The van der Waals surface area contributed by atoms with Gasteiger partial charge in [-0.15, -0.1) is 0 Å². The third kappa shape index (κ3) is 4.02. The molecule has 1 N–H and O–H groups in total. The van der Waals surface area contributed by atoms with Gasteiger partial charge < -0.3 is 9.84 Å². The molecule has 0 bridgehead atoms. The second-order valence-corrected chi connectivity index (χ2v) is 5.05. The van der Waals surface area contributed by atoms with Gasteiger partial charge in [0.25, 0.3) is 0 Å². The summed E-state index contributed by atoms with van der Waals surface area (Å²) >= 11 is 0. The standard InChI is InChI=1S/C16H26O2/c1-5-6-7-8-9-15(17)14-10-12(2)16(18-4)13(3)11-14/h10-11,15,17H,5-9H2,1-4H3. The van der Waals surface area contributed by atoms with Crippen LogP contribution >= 0.6 is 0 Å². The second-order valence-electron chi connectivity index (χ2n) is 5.05. The van der Waals surface area contributed by atoms with Crippen LogP contribution in [-0.2, 0) is 0 Å². The first kappa shape index (κ1) is 15.0. The minimum absolute atomic E-state index is 0.342. The molecular formula is C16H26O2. The van der Waals surface area contributed by atoms with Crippen molar-refractivity contribution in [2.45, 2.75) is 59.0 Å². The first-order valence-electron chi connectivity index (χ1n) is 6.93. The molecule has 0 heterocycles. The minimum Gasteiger partial charge on any atom is -0.496 e. The molecule has 1 aromatic carbocycles. The molecule has 0 spiro atoms. The van der Waals surface area contributed by atoms with Crippen LogP contribution in [0.15, 0.2) is 12.1 Å². The van der Waals surface area contributed by atoms with Crippen LogP contribution in [0.4, 0.5) is 0 Å². The highest BCUT2D eigenvalue weighted by molar-refractivity contribution is 5.43. The quantitative estimate of drug-likeness (QED) is 0.730. The second kappa shape index (κ2) is 7.42. The van der Waals surface area contributed by atoms with E-state index in [1.165, 1.54) is 19.3 Å². The molecule has 0 fully saturated rings. The van der Waals surface area contributed by atoms with Crippen molar-refractivity contribution in [1.29, 1.82) is 0 Å². The molecular weight excluding hydrogens is 224 g/mol. The van der Waals surface area contributed by atoms with Crippen molar-refractivity contribution in [2.24, 2.45) is 0 Å². The number of ether oxygens (including phenoxy) is 1. The maximum absolute atomic E-state index is 10.2. The fourth-order valence-electron chi connectivity index (χ4n) is 2.43. The molecule has 0 amide bonds. The molecule has 2 heteroatoms. The van der Waals surface area contributed by atoms with Gasteiger partial charge >= 0.3 is 0 Å². The number of rotatable bonds is 7. The van der Waals surface area contributed by atoms with E-state index in [9.17, 15) is 5.11 Å². The smallest absolute Gasteiger partial charge is 0.124 e. The summed E-state index contributed by atoms with van der Waals surface area (Å²) in [5.41, 5.74) is 3.21. The van der Waals surface area contributed by atoms with Gasteiger partial charge in [0.1, 0.15) is 5.75 Å². The van der Waals surface area contributed by atoms with Gasteiger partial charge in [-0.05, 0) is 49.1 Å². The average molecular weight is 250 g/mol. The SMILES string of the molecule is CCCCCCC(O)c1cc(C)c(OC)c(C)c1. The normalized spacial score (nSPS) is 12.5. The van der Waals surface area contributed by atoms with Crippen LogP contribution in [0.5, 0.6) is 5.75 Å². The van der Waals surface area contributed by atoms with E-state index in [0.717, 1.165) is 35.3 Å². The summed E-state index contributed by atoms with van der Waals surface area (Å²) in [5, 5.41) is 10.2. The number of unbranched alkanes of at least 4 members (excludes halogenated alkanes) is 3. The first-order chi connectivity index (χ1) is 8.60. The molecule has 1 aromatic rings. The number of hydrogen-bond acceptors (Lipinski definition) is 2. The lowest BCUT2D eigenvalue weighted by Gasteiger charge is -2.15. The van der Waals surface area contributed by atoms with Gasteiger partial charge in [-0.2, -0.15) is 0 Å². The van der Waals surface area contributed by atoms with Gasteiger partial charge in [-0.25, -0.2) is 0 Å². The Bertz CT molecular complexity index is 348. The fraction of sp³-hybridized carbons (Fsp3) is 0.625. The Morgan fingerprint density at radius 2 is 1.72 bits per heavy atom. The van der Waals surface area contributed by atoms with E-state index >= 15 is 0 Å². The van der Waals surface area contributed by atoms with Crippen LogP contribution in [0, 0.1) is 13.8 Å². The van der Waals surface area contributed by atoms with Crippen LogP contribution in [0.2, 0.25) is 0 Å². The first-order valence-corrected chi connectivity index (χ1v) is 6.93. The molecule has 102 valence electrons. The number of benzene rings is 1. The van der Waals surface area contributed by atoms with Crippen molar-refractivity contribution in [3.8, 4) is 5.75 Å². The highest BCUT2D eigenvalue weighted by Crippen LogP contribution is 2.29. The van der Waals surface area contributed by atoms with Gasteiger partial charge in [-0.3, -0.25) is 0 Å². The predicted octanol–water partition coefficient (Wildman–Crippen LogP) is 4.32. The molecule has 0 aromatic heterocycles. The van der Waals surface area contributed by atoms with Crippen molar-refractivity contribution >= 4 is 0 Å². The molecule has 0 saturated carbocycles. The molecule has 2 nitrogen and oxygen atoms in total. The summed E-state index contributed by atoms with van der Waals surface area (Å²) in [6, 6.07) is 4.08. The Morgan fingerprint density at radius 3 is 2.22 bits per heavy atom. The number of aliphatic hydroxyl groups is 1. The summed E-state index contributed by atoms with van der Waals surface area (Å²) in [4.78, 5) is 0.